The second-order valence-corrected chi connectivity index (χ2v) is 4.06. The van der Waals surface area contributed by atoms with E-state index in [2.05, 4.69) is 9.72 Å². The van der Waals surface area contributed by atoms with Gasteiger partial charge in [0.1, 0.15) is 9.45 Å². The Morgan fingerprint density at radius 2 is 2.13 bits per heavy atom. The minimum absolute atomic E-state index is 0.0683. The molecule has 84 valence electrons. The highest BCUT2D eigenvalue weighted by Crippen LogP contribution is 2.30. The summed E-state index contributed by atoms with van der Waals surface area (Å²) in [4.78, 5) is 3.99. The Labute approximate surface area is 103 Å². The second kappa shape index (κ2) is 4.73. The van der Waals surface area contributed by atoms with E-state index >= 15 is 0 Å². The average Bonchev–Trinajstić information content (AvgIpc) is 1.99. The first-order valence-corrected chi connectivity index (χ1v) is 5.42. The zero-order valence-electron chi connectivity index (χ0n) is 7.53. The number of rotatable bonds is 2. The summed E-state index contributed by atoms with van der Waals surface area (Å²) in [5.74, 6) is -0.351. The number of halogens is 5. The van der Waals surface area contributed by atoms with Gasteiger partial charge < -0.3 is 4.74 Å². The van der Waals surface area contributed by atoms with Crippen LogP contribution < -0.4 is 4.74 Å². The normalized spacial score (nSPS) is 11.6. The minimum Gasteiger partial charge on any atom is -0.405 e. The summed E-state index contributed by atoms with van der Waals surface area (Å²) < 4.78 is 40.4. The van der Waals surface area contributed by atoms with Crippen LogP contribution in [0.1, 0.15) is 11.3 Å². The number of pyridine rings is 1. The van der Waals surface area contributed by atoms with Crippen LogP contribution in [0.3, 0.4) is 0 Å². The summed E-state index contributed by atoms with van der Waals surface area (Å²) >= 11 is 7.34. The van der Waals surface area contributed by atoms with Crippen molar-refractivity contribution in [3.63, 3.8) is 0 Å². The van der Waals surface area contributed by atoms with E-state index in [0.29, 0.717) is 9.39 Å². The van der Waals surface area contributed by atoms with Crippen LogP contribution in [-0.4, -0.2) is 11.3 Å². The van der Waals surface area contributed by atoms with Gasteiger partial charge in [-0.25, -0.2) is 4.98 Å². The van der Waals surface area contributed by atoms with Crippen molar-refractivity contribution in [2.24, 2.45) is 0 Å². The first-order chi connectivity index (χ1) is 6.83. The lowest BCUT2D eigenvalue weighted by Gasteiger charge is -2.13. The van der Waals surface area contributed by atoms with Crippen molar-refractivity contribution in [3.05, 3.63) is 21.0 Å². The van der Waals surface area contributed by atoms with Gasteiger partial charge in [0.2, 0.25) is 0 Å². The third kappa shape index (κ3) is 3.67. The summed E-state index contributed by atoms with van der Waals surface area (Å²) in [6.45, 7) is 1.59. The maximum Gasteiger partial charge on any atom is 0.573 e. The molecule has 0 aliphatic rings. The SMILES string of the molecule is Cc1nc(I)cc(OC(F)(F)F)c1CCl. The number of aryl methyl sites for hydroxylation is 1. The van der Waals surface area contributed by atoms with Crippen molar-refractivity contribution in [2.75, 3.05) is 0 Å². The van der Waals surface area contributed by atoms with E-state index in [-0.39, 0.29) is 17.2 Å². The van der Waals surface area contributed by atoms with E-state index in [9.17, 15) is 13.2 Å². The molecule has 0 saturated carbocycles. The van der Waals surface area contributed by atoms with Crippen molar-refractivity contribution >= 4 is 34.2 Å². The van der Waals surface area contributed by atoms with Crippen LogP contribution in [0.5, 0.6) is 5.75 Å². The van der Waals surface area contributed by atoms with Gasteiger partial charge in [-0.3, -0.25) is 0 Å². The maximum absolute atomic E-state index is 12.0. The first-order valence-electron chi connectivity index (χ1n) is 3.81. The van der Waals surface area contributed by atoms with Gasteiger partial charge in [0.15, 0.2) is 0 Å². The molecule has 0 aliphatic heterocycles. The molecule has 1 rings (SSSR count). The molecule has 0 aliphatic carbocycles. The van der Waals surface area contributed by atoms with Crippen molar-refractivity contribution in [3.8, 4) is 5.75 Å². The van der Waals surface area contributed by atoms with Gasteiger partial charge >= 0.3 is 6.36 Å². The smallest absolute Gasteiger partial charge is 0.405 e. The number of nitrogens with zero attached hydrogens (tertiary/aromatic N) is 1. The van der Waals surface area contributed by atoms with Gasteiger partial charge in [-0.1, -0.05) is 0 Å². The first kappa shape index (κ1) is 12.8. The number of ether oxygens (including phenoxy) is 1. The molecule has 0 N–H and O–H groups in total. The zero-order chi connectivity index (χ0) is 11.6. The zero-order valence-corrected chi connectivity index (χ0v) is 10.4. The maximum atomic E-state index is 12.0. The van der Waals surface area contributed by atoms with Gasteiger partial charge in [-0.15, -0.1) is 24.8 Å². The van der Waals surface area contributed by atoms with E-state index in [1.807, 2.05) is 22.6 Å². The van der Waals surface area contributed by atoms with Crippen LogP contribution in [0.4, 0.5) is 13.2 Å². The third-order valence-corrected chi connectivity index (χ3v) is 2.44. The molecule has 0 spiro atoms. The van der Waals surface area contributed by atoms with Crippen LogP contribution in [0.15, 0.2) is 6.07 Å². The lowest BCUT2D eigenvalue weighted by atomic mass is 10.2. The average molecular weight is 351 g/mol. The Morgan fingerprint density at radius 3 is 2.60 bits per heavy atom. The van der Waals surface area contributed by atoms with Crippen LogP contribution in [0.25, 0.3) is 0 Å². The Balaban J connectivity index is 3.15. The molecule has 0 atom stereocenters. The Kier molecular flexibility index (Phi) is 4.05. The van der Waals surface area contributed by atoms with Gasteiger partial charge in [0.25, 0.3) is 0 Å². The molecule has 0 saturated heterocycles. The number of hydrogen-bond acceptors (Lipinski definition) is 2. The summed E-state index contributed by atoms with van der Waals surface area (Å²) in [5.41, 5.74) is 0.700. The number of alkyl halides is 4. The summed E-state index contributed by atoms with van der Waals surface area (Å²) in [7, 11) is 0. The van der Waals surface area contributed by atoms with Crippen molar-refractivity contribution < 1.29 is 17.9 Å². The predicted molar refractivity (Wildman–Crippen MR) is 57.9 cm³/mol. The fourth-order valence-electron chi connectivity index (χ4n) is 1.01. The molecule has 0 bridgehead atoms. The highest BCUT2D eigenvalue weighted by molar-refractivity contribution is 14.1. The molecule has 0 unspecified atom stereocenters. The fourth-order valence-corrected chi connectivity index (χ4v) is 1.98. The molecule has 15 heavy (non-hydrogen) atoms. The van der Waals surface area contributed by atoms with Crippen LogP contribution in [0, 0.1) is 10.6 Å². The Morgan fingerprint density at radius 1 is 1.53 bits per heavy atom. The Bertz CT molecular complexity index is 370. The van der Waals surface area contributed by atoms with Crippen LogP contribution in [0.2, 0.25) is 0 Å². The van der Waals surface area contributed by atoms with E-state index in [4.69, 9.17) is 11.6 Å². The van der Waals surface area contributed by atoms with Gasteiger partial charge in [0.05, 0.1) is 5.88 Å². The molecule has 7 heteroatoms. The van der Waals surface area contributed by atoms with Crippen molar-refractivity contribution in [1.29, 1.82) is 0 Å². The van der Waals surface area contributed by atoms with Gasteiger partial charge in [-0.2, -0.15) is 0 Å². The quantitative estimate of drug-likeness (QED) is 0.461. The van der Waals surface area contributed by atoms with Crippen LogP contribution in [-0.2, 0) is 5.88 Å². The third-order valence-electron chi connectivity index (χ3n) is 1.62. The predicted octanol–water partition coefficient (Wildman–Crippen LogP) is 3.63. The van der Waals surface area contributed by atoms with Crippen molar-refractivity contribution in [1.82, 2.24) is 4.98 Å². The number of aromatic nitrogens is 1. The van der Waals surface area contributed by atoms with Gasteiger partial charge in [0, 0.05) is 17.3 Å². The standard InChI is InChI=1S/C8H6ClF3INO/c1-4-5(3-9)6(2-7(13)14-4)15-8(10,11)12/h2H,3H2,1H3. The molecule has 1 heterocycles. The lowest BCUT2D eigenvalue weighted by Crippen LogP contribution is -2.18. The minimum atomic E-state index is -4.71. The van der Waals surface area contributed by atoms with E-state index in [1.165, 1.54) is 6.07 Å². The largest absolute Gasteiger partial charge is 0.573 e. The molecule has 1 aromatic rings. The Hall–Kier alpha value is -0.240. The molecule has 1 aromatic heterocycles. The van der Waals surface area contributed by atoms with Crippen molar-refractivity contribution in [2.45, 2.75) is 19.2 Å². The highest BCUT2D eigenvalue weighted by Gasteiger charge is 2.32. The van der Waals surface area contributed by atoms with Gasteiger partial charge in [-0.05, 0) is 29.5 Å². The van der Waals surface area contributed by atoms with E-state index in [0.717, 1.165) is 0 Å². The highest BCUT2D eigenvalue weighted by atomic mass is 127. The molecule has 0 fully saturated rings. The number of hydrogen-bond donors (Lipinski definition) is 0. The fraction of sp³-hybridized carbons (Fsp3) is 0.375. The summed E-state index contributed by atoms with van der Waals surface area (Å²) in [6, 6.07) is 1.21. The molecule has 0 radical (unpaired) electrons. The molecule has 0 amide bonds. The molecule has 0 aromatic carbocycles. The van der Waals surface area contributed by atoms with E-state index in [1.54, 1.807) is 6.92 Å². The molecular formula is C8H6ClF3INO. The lowest BCUT2D eigenvalue weighted by molar-refractivity contribution is -0.274. The van der Waals surface area contributed by atoms with Crippen LogP contribution >= 0.6 is 34.2 Å². The molecular weight excluding hydrogens is 345 g/mol. The monoisotopic (exact) mass is 351 g/mol. The topological polar surface area (TPSA) is 22.1 Å². The van der Waals surface area contributed by atoms with E-state index < -0.39 is 6.36 Å². The second-order valence-electron chi connectivity index (χ2n) is 2.69. The summed E-state index contributed by atoms with van der Waals surface area (Å²) in [5, 5.41) is 0. The summed E-state index contributed by atoms with van der Waals surface area (Å²) in [6.07, 6.45) is -4.71. The molecule has 2 nitrogen and oxygen atoms in total.